The maximum atomic E-state index is 11.9. The Morgan fingerprint density at radius 2 is 1.65 bits per heavy atom. The average molecular weight is 540 g/mol. The zero-order chi connectivity index (χ0) is 21.9. The van der Waals surface area contributed by atoms with Crippen LogP contribution >= 0.6 is 24.0 Å². The highest BCUT2D eigenvalue weighted by Gasteiger charge is 2.12. The number of hydrogen-bond donors (Lipinski definition) is 2. The maximum absolute atomic E-state index is 11.9. The van der Waals surface area contributed by atoms with Crippen molar-refractivity contribution in [3.05, 3.63) is 70.1 Å². The highest BCUT2D eigenvalue weighted by molar-refractivity contribution is 14.0. The molecule has 0 unspecified atom stereocenters. The Morgan fingerprint density at radius 3 is 2.23 bits per heavy atom. The molecule has 0 fully saturated rings. The molecule has 0 saturated carbocycles. The molecule has 6 nitrogen and oxygen atoms in total. The van der Waals surface area contributed by atoms with Crippen LogP contribution in [0, 0.1) is 0 Å². The van der Waals surface area contributed by atoms with Crippen LogP contribution in [0.4, 0.5) is 0 Å². The molecule has 0 amide bonds. The molecule has 2 aromatic rings. The van der Waals surface area contributed by atoms with Gasteiger partial charge in [-0.25, -0.2) is 4.99 Å². The molecule has 1 aromatic heterocycles. The van der Waals surface area contributed by atoms with Crippen molar-refractivity contribution >= 4 is 29.9 Å². The molecule has 1 heterocycles. The van der Waals surface area contributed by atoms with Crippen LogP contribution in [0.15, 0.2) is 58.4 Å². The summed E-state index contributed by atoms with van der Waals surface area (Å²) < 4.78 is 1.71. The van der Waals surface area contributed by atoms with Crippen molar-refractivity contribution in [3.8, 4) is 0 Å². The molecule has 1 aromatic carbocycles. The van der Waals surface area contributed by atoms with E-state index >= 15 is 0 Å². The molecule has 0 bridgehead atoms. The van der Waals surface area contributed by atoms with E-state index in [-0.39, 0.29) is 29.5 Å². The van der Waals surface area contributed by atoms with E-state index in [2.05, 4.69) is 74.4 Å². The predicted molar refractivity (Wildman–Crippen MR) is 141 cm³/mol. The highest BCUT2D eigenvalue weighted by Crippen LogP contribution is 2.07. The second-order valence-corrected chi connectivity index (χ2v) is 8.03. The maximum Gasteiger partial charge on any atom is 0.250 e. The third kappa shape index (κ3) is 9.43. The third-order valence-electron chi connectivity index (χ3n) is 5.03. The minimum absolute atomic E-state index is 0. The van der Waals surface area contributed by atoms with Crippen LogP contribution in [0.1, 0.15) is 45.7 Å². The van der Waals surface area contributed by atoms with Gasteiger partial charge in [0.2, 0.25) is 0 Å². The molecule has 0 aliphatic rings. The smallest absolute Gasteiger partial charge is 0.250 e. The Labute approximate surface area is 204 Å². The van der Waals surface area contributed by atoms with Crippen molar-refractivity contribution in [2.45, 2.75) is 59.8 Å². The standard InChI is InChI=1S/C24H37N5O.HI/c1-6-25-24(26-14-16-29(19(2)3)20(4)5)27-17-21-10-12-22(13-11-21)18-28-15-8-7-9-23(28)30;/h7-13,15,19-20H,6,14,16-18H2,1-5H3,(H2,25,26,27);1H. The van der Waals surface area contributed by atoms with E-state index in [0.717, 1.165) is 36.7 Å². The lowest BCUT2D eigenvalue weighted by atomic mass is 10.1. The summed E-state index contributed by atoms with van der Waals surface area (Å²) in [5.41, 5.74) is 2.26. The van der Waals surface area contributed by atoms with Gasteiger partial charge in [0.15, 0.2) is 5.96 Å². The Bertz CT molecular complexity index is 838. The quantitative estimate of drug-likeness (QED) is 0.275. The summed E-state index contributed by atoms with van der Waals surface area (Å²) in [6.45, 7) is 14.9. The normalized spacial score (nSPS) is 11.7. The van der Waals surface area contributed by atoms with Crippen LogP contribution in [-0.4, -0.2) is 47.1 Å². The van der Waals surface area contributed by atoms with Crippen molar-refractivity contribution in [2.75, 3.05) is 19.6 Å². The molecule has 0 aliphatic carbocycles. The molecule has 2 N–H and O–H groups in total. The molecule has 31 heavy (non-hydrogen) atoms. The summed E-state index contributed by atoms with van der Waals surface area (Å²) >= 11 is 0. The van der Waals surface area contributed by atoms with Gasteiger partial charge in [-0.1, -0.05) is 30.3 Å². The first-order valence-corrected chi connectivity index (χ1v) is 10.9. The fraction of sp³-hybridized carbons (Fsp3) is 0.500. The van der Waals surface area contributed by atoms with Crippen LogP contribution in [-0.2, 0) is 13.1 Å². The van der Waals surface area contributed by atoms with Gasteiger partial charge in [-0.2, -0.15) is 0 Å². The van der Waals surface area contributed by atoms with E-state index in [1.807, 2.05) is 12.3 Å². The highest BCUT2D eigenvalue weighted by atomic mass is 127. The lowest BCUT2D eigenvalue weighted by Gasteiger charge is -2.30. The Hall–Kier alpha value is -1.87. The van der Waals surface area contributed by atoms with E-state index < -0.39 is 0 Å². The van der Waals surface area contributed by atoms with Gasteiger partial charge in [0.25, 0.3) is 5.56 Å². The molecule has 7 heteroatoms. The van der Waals surface area contributed by atoms with E-state index in [4.69, 9.17) is 4.99 Å². The third-order valence-corrected chi connectivity index (χ3v) is 5.03. The first-order chi connectivity index (χ1) is 14.4. The Kier molecular flexibility index (Phi) is 12.5. The first kappa shape index (κ1) is 27.2. The summed E-state index contributed by atoms with van der Waals surface area (Å²) in [5.74, 6) is 0.838. The lowest BCUT2D eigenvalue weighted by molar-refractivity contribution is 0.178. The molecular weight excluding hydrogens is 501 g/mol. The van der Waals surface area contributed by atoms with Gasteiger partial charge in [0.1, 0.15) is 0 Å². The summed E-state index contributed by atoms with van der Waals surface area (Å²) in [6.07, 6.45) is 1.81. The van der Waals surface area contributed by atoms with Crippen LogP contribution in [0.5, 0.6) is 0 Å². The number of aromatic nitrogens is 1. The predicted octanol–water partition coefficient (Wildman–Crippen LogP) is 3.69. The molecule has 0 saturated heterocycles. The molecule has 0 spiro atoms. The number of guanidine groups is 1. The molecule has 0 atom stereocenters. The molecule has 0 aliphatic heterocycles. The van der Waals surface area contributed by atoms with Crippen molar-refractivity contribution in [1.29, 1.82) is 0 Å². The van der Waals surface area contributed by atoms with E-state index in [0.29, 0.717) is 25.2 Å². The largest absolute Gasteiger partial charge is 0.357 e. The number of nitrogens with one attached hydrogen (secondary N) is 2. The number of nitrogens with zero attached hydrogens (tertiary/aromatic N) is 3. The summed E-state index contributed by atoms with van der Waals surface area (Å²) in [4.78, 5) is 19.0. The fourth-order valence-corrected chi connectivity index (χ4v) is 3.47. The van der Waals surface area contributed by atoms with Gasteiger partial charge in [-0.3, -0.25) is 9.69 Å². The van der Waals surface area contributed by atoms with Gasteiger partial charge in [-0.15, -0.1) is 24.0 Å². The van der Waals surface area contributed by atoms with Crippen molar-refractivity contribution in [1.82, 2.24) is 20.1 Å². The topological polar surface area (TPSA) is 61.7 Å². The molecule has 172 valence electrons. The van der Waals surface area contributed by atoms with Crippen LogP contribution in [0.2, 0.25) is 0 Å². The minimum Gasteiger partial charge on any atom is -0.357 e. The monoisotopic (exact) mass is 539 g/mol. The van der Waals surface area contributed by atoms with Gasteiger partial charge >= 0.3 is 0 Å². The SMILES string of the molecule is CCNC(=NCc1ccc(Cn2ccccc2=O)cc1)NCCN(C(C)C)C(C)C.I. The Morgan fingerprint density at radius 1 is 1.00 bits per heavy atom. The number of pyridine rings is 1. The second kappa shape index (κ2) is 14.2. The molecule has 2 rings (SSSR count). The summed E-state index contributed by atoms with van der Waals surface area (Å²) in [7, 11) is 0. The first-order valence-electron chi connectivity index (χ1n) is 10.9. The van der Waals surface area contributed by atoms with Gasteiger partial charge < -0.3 is 15.2 Å². The fourth-order valence-electron chi connectivity index (χ4n) is 3.47. The number of benzene rings is 1. The summed E-state index contributed by atoms with van der Waals surface area (Å²) in [5, 5.41) is 6.76. The van der Waals surface area contributed by atoms with E-state index in [9.17, 15) is 4.79 Å². The zero-order valence-corrected chi connectivity index (χ0v) is 21.8. The number of aliphatic imine (C=N–C) groups is 1. The van der Waals surface area contributed by atoms with Crippen molar-refractivity contribution in [3.63, 3.8) is 0 Å². The Balaban J connectivity index is 0.00000480. The number of rotatable bonds is 10. The van der Waals surface area contributed by atoms with Crippen LogP contribution < -0.4 is 16.2 Å². The molecular formula is C24H38IN5O. The average Bonchev–Trinajstić information content (AvgIpc) is 2.71. The molecule has 0 radical (unpaired) electrons. The van der Waals surface area contributed by atoms with Crippen molar-refractivity contribution in [2.24, 2.45) is 4.99 Å². The minimum atomic E-state index is 0. The van der Waals surface area contributed by atoms with Gasteiger partial charge in [-0.05, 0) is 51.8 Å². The van der Waals surface area contributed by atoms with Crippen molar-refractivity contribution < 1.29 is 0 Å². The zero-order valence-electron chi connectivity index (χ0n) is 19.5. The van der Waals surface area contributed by atoms with Gasteiger partial charge in [0, 0.05) is 44.0 Å². The lowest BCUT2D eigenvalue weighted by Crippen LogP contribution is -2.45. The van der Waals surface area contributed by atoms with Crippen LogP contribution in [0.3, 0.4) is 0 Å². The number of hydrogen-bond acceptors (Lipinski definition) is 3. The second-order valence-electron chi connectivity index (χ2n) is 8.03. The van der Waals surface area contributed by atoms with E-state index in [1.165, 1.54) is 0 Å². The van der Waals surface area contributed by atoms with Crippen LogP contribution in [0.25, 0.3) is 0 Å². The number of halogens is 1. The van der Waals surface area contributed by atoms with Gasteiger partial charge in [0.05, 0.1) is 13.1 Å². The summed E-state index contributed by atoms with van der Waals surface area (Å²) in [6, 6.07) is 14.6. The van der Waals surface area contributed by atoms with E-state index in [1.54, 1.807) is 16.7 Å².